The Hall–Kier alpha value is -1.13. The molecule has 0 aliphatic carbocycles. The van der Waals surface area contributed by atoms with Gasteiger partial charge in [0, 0.05) is 4.88 Å². The maximum atomic E-state index is 6.01. The Morgan fingerprint density at radius 2 is 2.06 bits per heavy atom. The zero-order chi connectivity index (χ0) is 11.5. The predicted octanol–water partition coefficient (Wildman–Crippen LogP) is 3.42. The number of anilines is 1. The maximum absolute atomic E-state index is 6.01. The van der Waals surface area contributed by atoms with Crippen molar-refractivity contribution in [3.05, 3.63) is 38.9 Å². The van der Waals surface area contributed by atoms with Crippen LogP contribution in [-0.4, -0.2) is 9.97 Å². The molecule has 0 atom stereocenters. The van der Waals surface area contributed by atoms with Crippen LogP contribution in [0, 0.1) is 13.8 Å². The molecular formula is C11H12ClN3S. The lowest BCUT2D eigenvalue weighted by Crippen LogP contribution is -2.04. The Balaban J connectivity index is 2.12. The molecule has 0 aromatic carbocycles. The number of thiophene rings is 1. The number of rotatable bonds is 3. The van der Waals surface area contributed by atoms with E-state index in [1.165, 1.54) is 4.88 Å². The number of hydrogen-bond donors (Lipinski definition) is 1. The average molecular weight is 254 g/mol. The third-order valence-electron chi connectivity index (χ3n) is 2.27. The lowest BCUT2D eigenvalue weighted by Gasteiger charge is -2.08. The van der Waals surface area contributed by atoms with E-state index >= 15 is 0 Å². The van der Waals surface area contributed by atoms with E-state index in [9.17, 15) is 0 Å². The number of aromatic nitrogens is 2. The van der Waals surface area contributed by atoms with E-state index in [-0.39, 0.29) is 0 Å². The number of nitrogens with zero attached hydrogens (tertiary/aromatic N) is 2. The molecule has 84 valence electrons. The molecule has 2 aromatic rings. The molecule has 0 unspecified atom stereocenters. The van der Waals surface area contributed by atoms with E-state index in [2.05, 4.69) is 21.4 Å². The van der Waals surface area contributed by atoms with Crippen LogP contribution in [0.3, 0.4) is 0 Å². The molecule has 0 spiro atoms. The summed E-state index contributed by atoms with van der Waals surface area (Å²) in [5.41, 5.74) is 1.77. The Morgan fingerprint density at radius 3 is 2.75 bits per heavy atom. The topological polar surface area (TPSA) is 37.8 Å². The second-order valence-corrected chi connectivity index (χ2v) is 4.86. The number of halogens is 1. The summed E-state index contributed by atoms with van der Waals surface area (Å²) in [6.45, 7) is 4.56. The van der Waals surface area contributed by atoms with Gasteiger partial charge in [0.15, 0.2) is 11.0 Å². The van der Waals surface area contributed by atoms with Gasteiger partial charge < -0.3 is 5.32 Å². The number of nitrogens with one attached hydrogen (secondary N) is 1. The smallest absolute Gasteiger partial charge is 0.171 e. The van der Waals surface area contributed by atoms with Crippen LogP contribution in [0.4, 0.5) is 5.82 Å². The van der Waals surface area contributed by atoms with Gasteiger partial charge >= 0.3 is 0 Å². The highest BCUT2D eigenvalue weighted by Crippen LogP contribution is 2.19. The minimum Gasteiger partial charge on any atom is -0.363 e. The van der Waals surface area contributed by atoms with Crippen molar-refractivity contribution in [2.24, 2.45) is 0 Å². The standard InChI is InChI=1S/C11H12ClN3S/c1-7-8(2)15-11(10(12)14-7)13-6-9-4-3-5-16-9/h3-5H,6H2,1-2H3,(H,13,15). The fourth-order valence-corrected chi connectivity index (χ4v) is 2.15. The summed E-state index contributed by atoms with van der Waals surface area (Å²) in [5, 5.41) is 5.66. The molecule has 2 aromatic heterocycles. The Kier molecular flexibility index (Phi) is 3.41. The molecular weight excluding hydrogens is 242 g/mol. The molecule has 0 aliphatic rings. The fourth-order valence-electron chi connectivity index (χ4n) is 1.27. The fraction of sp³-hybridized carbons (Fsp3) is 0.273. The summed E-state index contributed by atoms with van der Waals surface area (Å²) in [6, 6.07) is 4.09. The van der Waals surface area contributed by atoms with Crippen LogP contribution < -0.4 is 5.32 Å². The predicted molar refractivity (Wildman–Crippen MR) is 68.2 cm³/mol. The second-order valence-electron chi connectivity index (χ2n) is 3.47. The third-order valence-corrected chi connectivity index (χ3v) is 3.41. The molecule has 16 heavy (non-hydrogen) atoms. The average Bonchev–Trinajstić information content (AvgIpc) is 2.74. The van der Waals surface area contributed by atoms with E-state index in [0.717, 1.165) is 17.9 Å². The van der Waals surface area contributed by atoms with Crippen molar-refractivity contribution < 1.29 is 0 Å². The van der Waals surface area contributed by atoms with Crippen LogP contribution >= 0.6 is 22.9 Å². The molecule has 0 saturated heterocycles. The number of hydrogen-bond acceptors (Lipinski definition) is 4. The molecule has 2 rings (SSSR count). The molecule has 0 radical (unpaired) electrons. The molecule has 3 nitrogen and oxygen atoms in total. The molecule has 0 saturated carbocycles. The van der Waals surface area contributed by atoms with E-state index < -0.39 is 0 Å². The van der Waals surface area contributed by atoms with E-state index in [1.54, 1.807) is 11.3 Å². The quantitative estimate of drug-likeness (QED) is 0.911. The van der Waals surface area contributed by atoms with Crippen molar-refractivity contribution in [1.82, 2.24) is 9.97 Å². The van der Waals surface area contributed by atoms with Crippen LogP contribution in [0.5, 0.6) is 0 Å². The van der Waals surface area contributed by atoms with Gasteiger partial charge in [-0.15, -0.1) is 11.3 Å². The van der Waals surface area contributed by atoms with Gasteiger partial charge in [-0.2, -0.15) is 0 Å². The van der Waals surface area contributed by atoms with Crippen LogP contribution in [0.1, 0.15) is 16.3 Å². The van der Waals surface area contributed by atoms with Gasteiger partial charge in [-0.1, -0.05) is 17.7 Å². The highest BCUT2D eigenvalue weighted by atomic mass is 35.5. The monoisotopic (exact) mass is 253 g/mol. The minimum atomic E-state index is 0.430. The van der Waals surface area contributed by atoms with Crippen molar-refractivity contribution in [3.63, 3.8) is 0 Å². The zero-order valence-corrected chi connectivity index (χ0v) is 10.7. The third kappa shape index (κ3) is 2.51. The van der Waals surface area contributed by atoms with Gasteiger partial charge in [0.2, 0.25) is 0 Å². The molecule has 0 aliphatic heterocycles. The Bertz CT molecular complexity index is 482. The molecule has 0 amide bonds. The summed E-state index contributed by atoms with van der Waals surface area (Å²) in [7, 11) is 0. The summed E-state index contributed by atoms with van der Waals surface area (Å²) in [5.74, 6) is 0.651. The first-order valence-electron chi connectivity index (χ1n) is 4.94. The molecule has 1 N–H and O–H groups in total. The Morgan fingerprint density at radius 1 is 1.31 bits per heavy atom. The van der Waals surface area contributed by atoms with Gasteiger partial charge in [0.05, 0.1) is 17.9 Å². The molecule has 5 heteroatoms. The minimum absolute atomic E-state index is 0.430. The van der Waals surface area contributed by atoms with Crippen LogP contribution in [0.15, 0.2) is 17.5 Å². The highest BCUT2D eigenvalue weighted by Gasteiger charge is 2.06. The van der Waals surface area contributed by atoms with Crippen molar-refractivity contribution in [1.29, 1.82) is 0 Å². The van der Waals surface area contributed by atoms with Crippen molar-refractivity contribution >= 4 is 28.8 Å². The lowest BCUT2D eigenvalue weighted by molar-refractivity contribution is 1.02. The first kappa shape index (κ1) is 11.4. The van der Waals surface area contributed by atoms with Gasteiger partial charge in [0.25, 0.3) is 0 Å². The molecule has 2 heterocycles. The summed E-state index contributed by atoms with van der Waals surface area (Å²) in [6.07, 6.45) is 0. The van der Waals surface area contributed by atoms with Crippen LogP contribution in [0.25, 0.3) is 0 Å². The molecule has 0 bridgehead atoms. The van der Waals surface area contributed by atoms with E-state index in [0.29, 0.717) is 11.0 Å². The van der Waals surface area contributed by atoms with Crippen molar-refractivity contribution in [3.8, 4) is 0 Å². The van der Waals surface area contributed by atoms with Gasteiger partial charge in [-0.25, -0.2) is 9.97 Å². The van der Waals surface area contributed by atoms with Gasteiger partial charge in [0.1, 0.15) is 0 Å². The first-order valence-corrected chi connectivity index (χ1v) is 6.19. The van der Waals surface area contributed by atoms with E-state index in [4.69, 9.17) is 11.6 Å². The zero-order valence-electron chi connectivity index (χ0n) is 9.12. The molecule has 0 fully saturated rings. The van der Waals surface area contributed by atoms with Gasteiger partial charge in [-0.3, -0.25) is 0 Å². The van der Waals surface area contributed by atoms with Crippen LogP contribution in [-0.2, 0) is 6.54 Å². The highest BCUT2D eigenvalue weighted by molar-refractivity contribution is 7.09. The summed E-state index contributed by atoms with van der Waals surface area (Å²) in [4.78, 5) is 9.83. The first-order chi connectivity index (χ1) is 7.66. The largest absolute Gasteiger partial charge is 0.363 e. The maximum Gasteiger partial charge on any atom is 0.171 e. The Labute approximate surface area is 104 Å². The second kappa shape index (κ2) is 4.80. The van der Waals surface area contributed by atoms with Crippen molar-refractivity contribution in [2.45, 2.75) is 20.4 Å². The summed E-state index contributed by atoms with van der Waals surface area (Å²) < 4.78 is 0. The van der Waals surface area contributed by atoms with E-state index in [1.807, 2.05) is 25.3 Å². The summed E-state index contributed by atoms with van der Waals surface area (Å²) >= 11 is 7.71. The van der Waals surface area contributed by atoms with Crippen LogP contribution in [0.2, 0.25) is 5.15 Å². The lowest BCUT2D eigenvalue weighted by atomic mass is 10.3. The van der Waals surface area contributed by atoms with Gasteiger partial charge in [-0.05, 0) is 25.3 Å². The SMILES string of the molecule is Cc1nc(Cl)c(NCc2cccs2)nc1C. The number of aryl methyl sites for hydroxylation is 2. The normalized spacial score (nSPS) is 10.4. The van der Waals surface area contributed by atoms with Crippen molar-refractivity contribution in [2.75, 3.05) is 5.32 Å².